The number of nitrogens with zero attached hydrogens (tertiary/aromatic N) is 4. The number of carbonyl (C=O) groups excluding carboxylic acids is 1. The van der Waals surface area contributed by atoms with Crippen molar-refractivity contribution in [3.63, 3.8) is 0 Å². The first-order chi connectivity index (χ1) is 20.4. The molecule has 0 amide bonds. The van der Waals surface area contributed by atoms with Gasteiger partial charge in [-0.2, -0.15) is 13.2 Å². The molecule has 13 heteroatoms. The van der Waals surface area contributed by atoms with Crippen molar-refractivity contribution in [2.24, 2.45) is 7.05 Å². The van der Waals surface area contributed by atoms with Gasteiger partial charge in [0, 0.05) is 45.6 Å². The van der Waals surface area contributed by atoms with E-state index in [1.54, 1.807) is 38.1 Å². The lowest BCUT2D eigenvalue weighted by atomic mass is 10.1. The molecule has 1 heterocycles. The average Bonchev–Trinajstić information content (AvgIpc) is 2.96. The number of rotatable bonds is 20. The Kier molecular flexibility index (Phi) is 15.1. The summed E-state index contributed by atoms with van der Waals surface area (Å²) in [6.45, 7) is 6.38. The molecule has 0 radical (unpaired) electrons. The molecule has 0 saturated heterocycles. The second-order valence-electron chi connectivity index (χ2n) is 10.5. The molecule has 242 valence electrons. The Morgan fingerprint density at radius 3 is 2.42 bits per heavy atom. The van der Waals surface area contributed by atoms with Gasteiger partial charge in [0.05, 0.1) is 6.61 Å². The van der Waals surface area contributed by atoms with Gasteiger partial charge in [0.15, 0.2) is 0 Å². The topological polar surface area (TPSA) is 105 Å². The first kappa shape index (κ1) is 35.7. The van der Waals surface area contributed by atoms with Gasteiger partial charge in [-0.05, 0) is 38.3 Å². The monoisotopic (exact) mass is 614 g/mol. The molecular weight excluding hydrogens is 569 g/mol. The van der Waals surface area contributed by atoms with Crippen molar-refractivity contribution >= 4 is 11.8 Å². The van der Waals surface area contributed by atoms with Crippen molar-refractivity contribution in [2.45, 2.75) is 97.4 Å². The highest BCUT2D eigenvalue weighted by Crippen LogP contribution is 2.23. The molecule has 0 spiro atoms. The van der Waals surface area contributed by atoms with Crippen molar-refractivity contribution in [1.82, 2.24) is 14.3 Å². The molecule has 0 saturated carbocycles. The van der Waals surface area contributed by atoms with Crippen molar-refractivity contribution < 1.29 is 32.2 Å². The number of ether oxygens (including phenoxy) is 3. The Morgan fingerprint density at radius 2 is 1.72 bits per heavy atom. The number of unbranched alkanes of at least 4 members (excludes halogenated alkanes) is 4. The fourth-order valence-corrected chi connectivity index (χ4v) is 4.27. The Bertz CT molecular complexity index is 1250. The molecule has 0 N–H and O–H groups in total. The van der Waals surface area contributed by atoms with E-state index in [0.717, 1.165) is 30.3 Å². The van der Waals surface area contributed by atoms with E-state index in [2.05, 4.69) is 12.0 Å². The number of hydrogen-bond acceptors (Lipinski definition) is 8. The van der Waals surface area contributed by atoms with Crippen molar-refractivity contribution in [2.75, 3.05) is 31.2 Å². The molecule has 0 fully saturated rings. The molecule has 0 aliphatic rings. The van der Waals surface area contributed by atoms with Gasteiger partial charge < -0.3 is 19.1 Å². The van der Waals surface area contributed by atoms with Crippen LogP contribution in [0.15, 0.2) is 33.9 Å². The van der Waals surface area contributed by atoms with Gasteiger partial charge in [0.1, 0.15) is 24.2 Å². The van der Waals surface area contributed by atoms with Crippen LogP contribution >= 0.6 is 0 Å². The molecule has 1 atom stereocenters. The summed E-state index contributed by atoms with van der Waals surface area (Å²) in [6.07, 6.45) is -0.463. The molecule has 2 aromatic rings. The third kappa shape index (κ3) is 13.1. The van der Waals surface area contributed by atoms with E-state index >= 15 is 0 Å². The maximum absolute atomic E-state index is 13.0. The summed E-state index contributed by atoms with van der Waals surface area (Å²) >= 11 is 0. The zero-order valence-corrected chi connectivity index (χ0v) is 25.7. The highest BCUT2D eigenvalue weighted by Gasteiger charge is 2.27. The fraction of sp³-hybridized carbons (Fsp3) is 0.667. The normalized spacial score (nSPS) is 12.2. The lowest BCUT2D eigenvalue weighted by Crippen LogP contribution is -2.44. The molecule has 1 aromatic heterocycles. The van der Waals surface area contributed by atoms with E-state index < -0.39 is 23.8 Å². The van der Waals surface area contributed by atoms with Crippen LogP contribution in [0.5, 0.6) is 11.5 Å². The predicted molar refractivity (Wildman–Crippen MR) is 158 cm³/mol. The van der Waals surface area contributed by atoms with E-state index in [-0.39, 0.29) is 57.0 Å². The summed E-state index contributed by atoms with van der Waals surface area (Å²) < 4.78 is 57.6. The Labute approximate surface area is 250 Å². The summed E-state index contributed by atoms with van der Waals surface area (Å²) in [5, 5.41) is 4.30. The first-order valence-corrected chi connectivity index (χ1v) is 15.0. The van der Waals surface area contributed by atoms with Gasteiger partial charge in [-0.3, -0.25) is 14.2 Å². The summed E-state index contributed by atoms with van der Waals surface area (Å²) in [4.78, 5) is 38.5. The number of aryl methyl sites for hydroxylation is 1. The molecule has 0 aliphatic carbocycles. The number of aromatic nitrogens is 3. The van der Waals surface area contributed by atoms with Crippen molar-refractivity contribution in [3.8, 4) is 11.5 Å². The number of halogens is 3. The number of carbonyl (C=O) groups is 1. The number of hydrogen-bond donors (Lipinski definition) is 0. The quantitative estimate of drug-likeness (QED) is 0.147. The van der Waals surface area contributed by atoms with Crippen LogP contribution in [-0.4, -0.2) is 58.9 Å². The van der Waals surface area contributed by atoms with E-state index in [9.17, 15) is 27.6 Å². The van der Waals surface area contributed by atoms with Crippen molar-refractivity contribution in [1.29, 1.82) is 0 Å². The molecule has 0 bridgehead atoms. The second kappa shape index (κ2) is 18.2. The maximum atomic E-state index is 13.0. The Hall–Kier alpha value is -3.51. The number of alkyl halides is 3. The van der Waals surface area contributed by atoms with Crippen LogP contribution < -0.4 is 25.6 Å². The van der Waals surface area contributed by atoms with Crippen LogP contribution in [0.3, 0.4) is 0 Å². The molecule has 1 aromatic carbocycles. The minimum atomic E-state index is -4.33. The van der Waals surface area contributed by atoms with Gasteiger partial charge in [0.25, 0.3) is 5.56 Å². The summed E-state index contributed by atoms with van der Waals surface area (Å²) in [5.74, 6) is 0.681. The van der Waals surface area contributed by atoms with Crippen LogP contribution in [0.4, 0.5) is 19.0 Å². The third-order valence-corrected chi connectivity index (χ3v) is 6.63. The zero-order chi connectivity index (χ0) is 31.8. The second-order valence-corrected chi connectivity index (χ2v) is 10.5. The average molecular weight is 615 g/mol. The van der Waals surface area contributed by atoms with Gasteiger partial charge in [-0.25, -0.2) is 9.48 Å². The standard InChI is InChI=1S/C30H45F3N4O6/c1-5-7-8-9-10-19-37-29(40)35(4)28(39)27(34-37)36(17-12-16-30(31,32)33)18-13-20-41-24-14-11-15-25(21-24)43-23(3)22-42-26(38)6-2/h11,14-15,21,23H,5-10,12-13,16-20,22H2,1-4H3. The molecular formula is C30H45F3N4O6. The minimum Gasteiger partial charge on any atom is -0.493 e. The molecule has 10 nitrogen and oxygen atoms in total. The summed E-state index contributed by atoms with van der Waals surface area (Å²) in [7, 11) is 1.35. The third-order valence-electron chi connectivity index (χ3n) is 6.63. The molecule has 2 rings (SSSR count). The van der Waals surface area contributed by atoms with Crippen LogP contribution in [0.2, 0.25) is 0 Å². The molecule has 1 unspecified atom stereocenters. The van der Waals surface area contributed by atoms with Gasteiger partial charge in [-0.1, -0.05) is 45.6 Å². The largest absolute Gasteiger partial charge is 0.493 e. The Morgan fingerprint density at radius 1 is 1.02 bits per heavy atom. The van der Waals surface area contributed by atoms with E-state index in [1.807, 2.05) is 0 Å². The molecule has 43 heavy (non-hydrogen) atoms. The molecule has 0 aliphatic heterocycles. The van der Waals surface area contributed by atoms with Crippen LogP contribution in [0, 0.1) is 0 Å². The van der Waals surface area contributed by atoms with Gasteiger partial charge in [0.2, 0.25) is 5.82 Å². The predicted octanol–water partition coefficient (Wildman–Crippen LogP) is 5.25. The van der Waals surface area contributed by atoms with E-state index in [1.165, 1.54) is 16.6 Å². The first-order valence-electron chi connectivity index (χ1n) is 15.0. The van der Waals surface area contributed by atoms with E-state index in [4.69, 9.17) is 14.2 Å². The van der Waals surface area contributed by atoms with Crippen molar-refractivity contribution in [3.05, 3.63) is 45.1 Å². The number of benzene rings is 1. The highest BCUT2D eigenvalue weighted by atomic mass is 19.4. The lowest BCUT2D eigenvalue weighted by molar-refractivity contribution is -0.145. The smallest absolute Gasteiger partial charge is 0.389 e. The SMILES string of the molecule is CCCCCCCn1nc(N(CCCOc2cccc(OC(C)COC(=O)CC)c2)CCCC(F)(F)F)c(=O)n(C)c1=O. The number of anilines is 1. The van der Waals surface area contributed by atoms with Gasteiger partial charge >= 0.3 is 17.8 Å². The van der Waals surface area contributed by atoms with Crippen LogP contribution in [-0.2, 0) is 23.1 Å². The maximum Gasteiger partial charge on any atom is 0.389 e. The zero-order valence-electron chi connectivity index (χ0n) is 25.7. The Balaban J connectivity index is 2.07. The minimum absolute atomic E-state index is 0.0500. The fourth-order valence-electron chi connectivity index (χ4n) is 4.27. The summed E-state index contributed by atoms with van der Waals surface area (Å²) in [5.41, 5.74) is -1.20. The van der Waals surface area contributed by atoms with Crippen LogP contribution in [0.1, 0.15) is 78.6 Å². The number of esters is 1. The lowest BCUT2D eigenvalue weighted by Gasteiger charge is -2.24. The van der Waals surface area contributed by atoms with Crippen LogP contribution in [0.25, 0.3) is 0 Å². The van der Waals surface area contributed by atoms with Gasteiger partial charge in [-0.15, -0.1) is 5.10 Å². The highest BCUT2D eigenvalue weighted by molar-refractivity contribution is 5.68. The van der Waals surface area contributed by atoms with E-state index in [0.29, 0.717) is 30.9 Å². The summed E-state index contributed by atoms with van der Waals surface area (Å²) in [6, 6.07) is 6.92.